The van der Waals surface area contributed by atoms with E-state index >= 15 is 0 Å². The lowest BCUT2D eigenvalue weighted by molar-refractivity contribution is 0.245. The number of allylic oxidation sites excluding steroid dienone is 1. The Morgan fingerprint density at radius 2 is 1.69 bits per heavy atom. The van der Waals surface area contributed by atoms with Gasteiger partial charge in [0, 0.05) is 49.6 Å². The molecule has 0 spiro atoms. The van der Waals surface area contributed by atoms with E-state index in [0.29, 0.717) is 18.4 Å². The molecule has 0 unspecified atom stereocenters. The monoisotopic (exact) mass is 470 g/mol. The minimum atomic E-state index is 0.362. The molecule has 1 aliphatic rings. The highest BCUT2D eigenvalue weighted by Crippen LogP contribution is 2.41. The van der Waals surface area contributed by atoms with Crippen LogP contribution in [0.3, 0.4) is 0 Å². The van der Waals surface area contributed by atoms with Crippen molar-refractivity contribution >= 4 is 5.57 Å². The Hall–Kier alpha value is -3.81. The predicted octanol–water partition coefficient (Wildman–Crippen LogP) is 4.97. The summed E-state index contributed by atoms with van der Waals surface area (Å²) in [4.78, 5) is 14.9. The van der Waals surface area contributed by atoms with Crippen molar-refractivity contribution < 1.29 is 14.3 Å². The number of ether oxygens (including phenoxy) is 1. The second kappa shape index (κ2) is 11.1. The van der Waals surface area contributed by atoms with E-state index in [1.807, 2.05) is 31.1 Å². The molecule has 0 bridgehead atoms. The van der Waals surface area contributed by atoms with Crippen LogP contribution in [0, 0.1) is 0 Å². The maximum Gasteiger partial charge on any atom is 0.316 e. The highest BCUT2D eigenvalue weighted by atomic mass is 16.5. The van der Waals surface area contributed by atoms with Crippen LogP contribution in [0.2, 0.25) is 0 Å². The molecule has 180 valence electrons. The van der Waals surface area contributed by atoms with Gasteiger partial charge in [-0.3, -0.25) is 4.98 Å². The first-order valence-corrected chi connectivity index (χ1v) is 11.5. The molecular formula is C28H30N4O3. The first kappa shape index (κ1) is 24.3. The number of pyridine rings is 1. The molecule has 5 rings (SSSR count). The summed E-state index contributed by atoms with van der Waals surface area (Å²) in [6.07, 6.45) is 9.08. The van der Waals surface area contributed by atoms with Crippen LogP contribution in [0.4, 0.5) is 0 Å². The van der Waals surface area contributed by atoms with Crippen molar-refractivity contribution in [3.05, 3.63) is 78.9 Å². The van der Waals surface area contributed by atoms with Gasteiger partial charge in [0.2, 0.25) is 0 Å². The standard InChI is InChI=1S/C27H26N4O2.CH4O/c1-18-4-5-20-14-21(6-7-23(18)20)24-15-25(33-26(24)19-8-10-28-11-9-19)22-16-29-27(30-17-22)32-13-12-31(2)3;1-2/h6-11,14-17H,1,4-5,12-13H2,2-3H3;2H,1H3. The van der Waals surface area contributed by atoms with E-state index in [1.165, 1.54) is 16.7 Å². The molecule has 1 aromatic carbocycles. The molecule has 4 aromatic rings. The Morgan fingerprint density at radius 3 is 2.40 bits per heavy atom. The second-order valence-electron chi connectivity index (χ2n) is 8.47. The number of aliphatic hydroxyl groups excluding tert-OH is 1. The number of hydrogen-bond acceptors (Lipinski definition) is 7. The average molecular weight is 471 g/mol. The first-order chi connectivity index (χ1) is 17.1. The summed E-state index contributed by atoms with van der Waals surface area (Å²) in [5.74, 6) is 1.51. The summed E-state index contributed by atoms with van der Waals surface area (Å²) in [6, 6.07) is 12.9. The topological polar surface area (TPSA) is 84.5 Å². The molecule has 0 atom stereocenters. The minimum Gasteiger partial charge on any atom is -0.462 e. The molecule has 1 N–H and O–H groups in total. The van der Waals surface area contributed by atoms with Gasteiger partial charge < -0.3 is 19.2 Å². The van der Waals surface area contributed by atoms with Crippen LogP contribution in [0.5, 0.6) is 6.01 Å². The molecule has 35 heavy (non-hydrogen) atoms. The van der Waals surface area contributed by atoms with Crippen LogP contribution in [0.1, 0.15) is 17.5 Å². The second-order valence-corrected chi connectivity index (χ2v) is 8.47. The molecule has 0 fully saturated rings. The zero-order valence-electron chi connectivity index (χ0n) is 20.4. The minimum absolute atomic E-state index is 0.362. The Balaban J connectivity index is 0.00000141. The molecule has 7 nitrogen and oxygen atoms in total. The largest absolute Gasteiger partial charge is 0.462 e. The van der Waals surface area contributed by atoms with Gasteiger partial charge in [0.25, 0.3) is 0 Å². The highest BCUT2D eigenvalue weighted by molar-refractivity contribution is 5.85. The molecule has 0 aliphatic heterocycles. The van der Waals surface area contributed by atoms with Gasteiger partial charge in [0.1, 0.15) is 18.1 Å². The van der Waals surface area contributed by atoms with Crippen LogP contribution < -0.4 is 4.74 Å². The van der Waals surface area contributed by atoms with Crippen molar-refractivity contribution in [1.82, 2.24) is 19.9 Å². The lowest BCUT2D eigenvalue weighted by Crippen LogP contribution is -2.19. The fraction of sp³-hybridized carbons (Fsp3) is 0.250. The maximum absolute atomic E-state index is 7.00. The van der Waals surface area contributed by atoms with E-state index in [-0.39, 0.29) is 0 Å². The zero-order chi connectivity index (χ0) is 24.8. The number of hydrogen-bond donors (Lipinski definition) is 1. The number of nitrogens with zero attached hydrogens (tertiary/aromatic N) is 4. The fourth-order valence-corrected chi connectivity index (χ4v) is 4.04. The van der Waals surface area contributed by atoms with Crippen LogP contribution >= 0.6 is 0 Å². The number of furan rings is 1. The number of likely N-dealkylation sites (N-methyl/N-ethyl adjacent to an activating group) is 1. The Morgan fingerprint density at radius 1 is 0.943 bits per heavy atom. The summed E-state index contributed by atoms with van der Waals surface area (Å²) in [7, 11) is 5.00. The Labute approximate surface area is 205 Å². The van der Waals surface area contributed by atoms with Crippen LogP contribution in [-0.2, 0) is 6.42 Å². The van der Waals surface area contributed by atoms with Crippen molar-refractivity contribution in [1.29, 1.82) is 0 Å². The number of benzene rings is 1. The van der Waals surface area contributed by atoms with Crippen molar-refractivity contribution in [3.8, 4) is 39.8 Å². The summed E-state index contributed by atoms with van der Waals surface area (Å²) in [5, 5.41) is 7.00. The van der Waals surface area contributed by atoms with Crippen molar-refractivity contribution in [3.63, 3.8) is 0 Å². The lowest BCUT2D eigenvalue weighted by Gasteiger charge is -2.09. The molecule has 0 saturated carbocycles. The van der Waals surface area contributed by atoms with Gasteiger partial charge in [-0.25, -0.2) is 9.97 Å². The molecule has 3 heterocycles. The van der Waals surface area contributed by atoms with Gasteiger partial charge in [0.15, 0.2) is 0 Å². The summed E-state index contributed by atoms with van der Waals surface area (Å²) in [6.45, 7) is 5.53. The number of fused-ring (bicyclic) bond motifs is 1. The summed E-state index contributed by atoms with van der Waals surface area (Å²) in [5.41, 5.74) is 7.74. The third-order valence-electron chi connectivity index (χ3n) is 5.85. The van der Waals surface area contributed by atoms with Crippen molar-refractivity contribution in [2.24, 2.45) is 0 Å². The number of aromatic nitrogens is 3. The van der Waals surface area contributed by atoms with Gasteiger partial charge in [-0.2, -0.15) is 0 Å². The Kier molecular flexibility index (Phi) is 7.70. The van der Waals surface area contributed by atoms with Gasteiger partial charge >= 0.3 is 6.01 Å². The SMILES string of the molecule is C=C1CCc2cc(-c3cc(-c4cnc(OCCN(C)C)nc4)oc3-c3ccncc3)ccc21.CO. The van der Waals surface area contributed by atoms with E-state index in [9.17, 15) is 0 Å². The third-order valence-corrected chi connectivity index (χ3v) is 5.85. The van der Waals surface area contributed by atoms with Crippen molar-refractivity contribution in [2.45, 2.75) is 12.8 Å². The van der Waals surface area contributed by atoms with E-state index < -0.39 is 0 Å². The molecule has 0 amide bonds. The highest BCUT2D eigenvalue weighted by Gasteiger charge is 2.20. The van der Waals surface area contributed by atoms with E-state index in [4.69, 9.17) is 14.3 Å². The summed E-state index contributed by atoms with van der Waals surface area (Å²) < 4.78 is 12.0. The summed E-state index contributed by atoms with van der Waals surface area (Å²) >= 11 is 0. The number of aryl methyl sites for hydroxylation is 1. The van der Waals surface area contributed by atoms with Crippen molar-refractivity contribution in [2.75, 3.05) is 34.4 Å². The van der Waals surface area contributed by atoms with Gasteiger partial charge in [-0.05, 0) is 67.4 Å². The van der Waals surface area contributed by atoms with Crippen LogP contribution in [-0.4, -0.2) is 59.3 Å². The lowest BCUT2D eigenvalue weighted by atomic mass is 9.98. The molecule has 0 saturated heterocycles. The fourth-order valence-electron chi connectivity index (χ4n) is 4.04. The number of rotatable bonds is 7. The predicted molar refractivity (Wildman–Crippen MR) is 138 cm³/mol. The quantitative estimate of drug-likeness (QED) is 0.408. The van der Waals surface area contributed by atoms with E-state index in [0.717, 1.165) is 54.5 Å². The van der Waals surface area contributed by atoms with Gasteiger partial charge in [-0.15, -0.1) is 0 Å². The molecule has 0 radical (unpaired) electrons. The zero-order valence-corrected chi connectivity index (χ0v) is 20.4. The Bertz CT molecular complexity index is 1280. The van der Waals surface area contributed by atoms with E-state index in [1.54, 1.807) is 24.8 Å². The molecule has 3 aromatic heterocycles. The third kappa shape index (κ3) is 5.48. The molecular weight excluding hydrogens is 440 g/mol. The van der Waals surface area contributed by atoms with Gasteiger partial charge in [0.05, 0.1) is 5.56 Å². The normalized spacial score (nSPS) is 12.3. The smallest absolute Gasteiger partial charge is 0.316 e. The molecule has 1 aliphatic carbocycles. The van der Waals surface area contributed by atoms with E-state index in [2.05, 4.69) is 45.8 Å². The maximum atomic E-state index is 7.00. The number of aliphatic hydroxyl groups is 1. The molecule has 7 heteroatoms. The van der Waals surface area contributed by atoms with Gasteiger partial charge in [-0.1, -0.05) is 24.8 Å². The average Bonchev–Trinajstić information content (AvgIpc) is 3.50. The van der Waals surface area contributed by atoms with Crippen LogP contribution in [0.15, 0.2) is 72.2 Å². The first-order valence-electron chi connectivity index (χ1n) is 11.5. The van der Waals surface area contributed by atoms with Crippen LogP contribution in [0.25, 0.3) is 39.3 Å².